The van der Waals surface area contributed by atoms with Gasteiger partial charge in [0.1, 0.15) is 13.2 Å². The maximum absolute atomic E-state index is 11.4. The van der Waals surface area contributed by atoms with Gasteiger partial charge >= 0.3 is 6.09 Å². The van der Waals surface area contributed by atoms with Crippen LogP contribution in [-0.2, 0) is 11.3 Å². The van der Waals surface area contributed by atoms with Crippen molar-refractivity contribution in [3.05, 3.63) is 23.8 Å². The number of fused-ring (bicyclic) bond motifs is 1. The lowest BCUT2D eigenvalue weighted by Crippen LogP contribution is -2.27. The van der Waals surface area contributed by atoms with Crippen LogP contribution in [-0.4, -0.2) is 31.4 Å². The van der Waals surface area contributed by atoms with Crippen LogP contribution in [0.25, 0.3) is 0 Å². The Bertz CT molecular complexity index is 495. The minimum Gasteiger partial charge on any atom is -0.454 e. The first-order valence-electron chi connectivity index (χ1n) is 5.34. The fraction of sp³-hybridized carbons (Fsp3) is 0.333. The lowest BCUT2D eigenvalue weighted by molar-refractivity contribution is 0.108. The molecule has 6 heteroatoms. The zero-order chi connectivity index (χ0) is 13.0. The molecule has 94 valence electrons. The number of ether oxygens (including phenoxy) is 3. The Hall–Kier alpha value is -2.42. The van der Waals surface area contributed by atoms with E-state index in [4.69, 9.17) is 19.5 Å². The molecule has 1 aromatic carbocycles. The monoisotopic (exact) mass is 248 g/mol. The number of hydrogen-bond donors (Lipinski definition) is 0. The molecule has 18 heavy (non-hydrogen) atoms. The molecule has 0 N–H and O–H groups in total. The van der Waals surface area contributed by atoms with Crippen LogP contribution in [0.2, 0.25) is 0 Å². The average Bonchev–Trinajstić information content (AvgIpc) is 2.83. The van der Waals surface area contributed by atoms with Gasteiger partial charge in [-0.25, -0.2) is 4.79 Å². The first-order chi connectivity index (χ1) is 8.70. The van der Waals surface area contributed by atoms with Gasteiger partial charge in [0.25, 0.3) is 0 Å². The van der Waals surface area contributed by atoms with Gasteiger partial charge in [0.15, 0.2) is 11.5 Å². The molecule has 0 spiro atoms. The zero-order valence-corrected chi connectivity index (χ0v) is 9.88. The van der Waals surface area contributed by atoms with Gasteiger partial charge in [-0.3, -0.25) is 4.90 Å². The van der Waals surface area contributed by atoms with E-state index >= 15 is 0 Å². The Balaban J connectivity index is 1.91. The van der Waals surface area contributed by atoms with Crippen molar-refractivity contribution in [2.24, 2.45) is 0 Å². The smallest absolute Gasteiger partial charge is 0.410 e. The van der Waals surface area contributed by atoms with Gasteiger partial charge in [-0.05, 0) is 17.7 Å². The third-order valence-electron chi connectivity index (χ3n) is 2.42. The molecule has 1 aliphatic heterocycles. The van der Waals surface area contributed by atoms with Crippen LogP contribution in [0.5, 0.6) is 11.5 Å². The van der Waals surface area contributed by atoms with E-state index in [0.717, 1.165) is 5.56 Å². The summed E-state index contributed by atoms with van der Waals surface area (Å²) in [7, 11) is 1.51. The van der Waals surface area contributed by atoms with Gasteiger partial charge in [-0.2, -0.15) is 5.26 Å². The Kier molecular flexibility index (Phi) is 3.53. The number of carbonyl (C=O) groups is 1. The lowest BCUT2D eigenvalue weighted by atomic mass is 10.2. The molecule has 1 amide bonds. The SMILES string of the molecule is CN(CC#N)C(=O)OCc1ccc2c(c1)OCO2. The zero-order valence-electron chi connectivity index (χ0n) is 9.88. The first-order valence-corrected chi connectivity index (χ1v) is 5.34. The Morgan fingerprint density at radius 3 is 3.06 bits per heavy atom. The molecule has 0 aromatic heterocycles. The molecule has 0 atom stereocenters. The topological polar surface area (TPSA) is 71.8 Å². The molecule has 0 bridgehead atoms. The highest BCUT2D eigenvalue weighted by Gasteiger charge is 2.14. The van der Waals surface area contributed by atoms with Gasteiger partial charge in [-0.15, -0.1) is 0 Å². The van der Waals surface area contributed by atoms with Crippen molar-refractivity contribution < 1.29 is 19.0 Å². The molecular formula is C12H12N2O4. The molecule has 0 unspecified atom stereocenters. The third kappa shape index (κ3) is 2.63. The molecule has 1 heterocycles. The number of hydrogen-bond acceptors (Lipinski definition) is 5. The maximum atomic E-state index is 11.4. The molecule has 0 fully saturated rings. The molecule has 0 saturated heterocycles. The van der Waals surface area contributed by atoms with Crippen LogP contribution in [0.1, 0.15) is 5.56 Å². The van der Waals surface area contributed by atoms with Crippen molar-refractivity contribution in [3.63, 3.8) is 0 Å². The summed E-state index contributed by atoms with van der Waals surface area (Å²) >= 11 is 0. The summed E-state index contributed by atoms with van der Waals surface area (Å²) < 4.78 is 15.4. The predicted molar refractivity (Wildman–Crippen MR) is 61.0 cm³/mol. The second-order valence-electron chi connectivity index (χ2n) is 3.76. The van der Waals surface area contributed by atoms with Gasteiger partial charge in [0, 0.05) is 7.05 Å². The van der Waals surface area contributed by atoms with E-state index in [9.17, 15) is 4.79 Å². The van der Waals surface area contributed by atoms with Gasteiger partial charge in [-0.1, -0.05) is 6.07 Å². The fourth-order valence-electron chi connectivity index (χ4n) is 1.46. The summed E-state index contributed by atoms with van der Waals surface area (Å²) in [5.74, 6) is 1.33. The largest absolute Gasteiger partial charge is 0.454 e. The van der Waals surface area contributed by atoms with Crippen LogP contribution in [0, 0.1) is 11.3 Å². The second-order valence-corrected chi connectivity index (χ2v) is 3.76. The van der Waals surface area contributed by atoms with E-state index in [0.29, 0.717) is 11.5 Å². The highest BCUT2D eigenvalue weighted by Crippen LogP contribution is 2.32. The molecule has 0 aliphatic carbocycles. The van der Waals surface area contributed by atoms with Gasteiger partial charge in [0.05, 0.1) is 6.07 Å². The Morgan fingerprint density at radius 2 is 2.28 bits per heavy atom. The minimum absolute atomic E-state index is 0.0000275. The molecule has 1 aliphatic rings. The summed E-state index contributed by atoms with van der Waals surface area (Å²) in [6.45, 7) is 0.342. The van der Waals surface area contributed by atoms with Crippen molar-refractivity contribution in [1.82, 2.24) is 4.90 Å². The molecule has 1 aromatic rings. The van der Waals surface area contributed by atoms with Crippen LogP contribution in [0.3, 0.4) is 0 Å². The summed E-state index contributed by atoms with van der Waals surface area (Å²) in [6, 6.07) is 7.20. The van der Waals surface area contributed by atoms with Crippen LogP contribution in [0.4, 0.5) is 4.79 Å². The number of amides is 1. The highest BCUT2D eigenvalue weighted by atomic mass is 16.7. The molecule has 0 radical (unpaired) electrons. The molecular weight excluding hydrogens is 236 g/mol. The maximum Gasteiger partial charge on any atom is 0.410 e. The highest BCUT2D eigenvalue weighted by molar-refractivity contribution is 5.67. The van der Waals surface area contributed by atoms with E-state index in [1.165, 1.54) is 11.9 Å². The predicted octanol–water partition coefficient (Wildman–Crippen LogP) is 1.51. The molecule has 6 nitrogen and oxygen atoms in total. The number of benzene rings is 1. The number of nitrogens with zero attached hydrogens (tertiary/aromatic N) is 2. The minimum atomic E-state index is -0.533. The summed E-state index contributed by atoms with van der Waals surface area (Å²) in [5, 5.41) is 8.45. The van der Waals surface area contributed by atoms with E-state index in [1.807, 2.05) is 6.07 Å². The number of nitriles is 1. The van der Waals surface area contributed by atoms with Crippen LogP contribution >= 0.6 is 0 Å². The summed E-state index contributed by atoms with van der Waals surface area (Å²) in [6.07, 6.45) is -0.533. The summed E-state index contributed by atoms with van der Waals surface area (Å²) in [5.41, 5.74) is 0.804. The van der Waals surface area contributed by atoms with E-state index in [2.05, 4.69) is 0 Å². The van der Waals surface area contributed by atoms with Crippen molar-refractivity contribution in [2.75, 3.05) is 20.4 Å². The van der Waals surface area contributed by atoms with Crippen molar-refractivity contribution >= 4 is 6.09 Å². The third-order valence-corrected chi connectivity index (χ3v) is 2.42. The van der Waals surface area contributed by atoms with Crippen molar-refractivity contribution in [1.29, 1.82) is 5.26 Å². The van der Waals surface area contributed by atoms with E-state index in [-0.39, 0.29) is 19.9 Å². The van der Waals surface area contributed by atoms with E-state index in [1.54, 1.807) is 18.2 Å². The lowest BCUT2D eigenvalue weighted by Gasteiger charge is -2.13. The standard InChI is InChI=1S/C12H12N2O4/c1-14(5-4-13)12(15)16-7-9-2-3-10-11(6-9)18-8-17-10/h2-3,6H,5,7-8H2,1H3. The first kappa shape index (κ1) is 12.0. The van der Waals surface area contributed by atoms with Crippen molar-refractivity contribution in [3.8, 4) is 17.6 Å². The second kappa shape index (κ2) is 5.27. The Morgan fingerprint density at radius 1 is 1.50 bits per heavy atom. The normalized spacial score (nSPS) is 11.8. The summed E-state index contributed by atoms with van der Waals surface area (Å²) in [4.78, 5) is 12.6. The van der Waals surface area contributed by atoms with Crippen LogP contribution < -0.4 is 9.47 Å². The van der Waals surface area contributed by atoms with Gasteiger partial charge < -0.3 is 14.2 Å². The van der Waals surface area contributed by atoms with Gasteiger partial charge in [0.2, 0.25) is 6.79 Å². The van der Waals surface area contributed by atoms with Crippen LogP contribution in [0.15, 0.2) is 18.2 Å². The van der Waals surface area contributed by atoms with Crippen molar-refractivity contribution in [2.45, 2.75) is 6.61 Å². The Labute approximate surface area is 104 Å². The molecule has 0 saturated carbocycles. The quantitative estimate of drug-likeness (QED) is 0.758. The van der Waals surface area contributed by atoms with E-state index < -0.39 is 6.09 Å². The average molecular weight is 248 g/mol. The number of carbonyl (C=O) groups excluding carboxylic acids is 1. The fourth-order valence-corrected chi connectivity index (χ4v) is 1.46. The molecule has 2 rings (SSSR count). The number of rotatable bonds is 3.